The van der Waals surface area contributed by atoms with Gasteiger partial charge in [0.05, 0.1) is 6.54 Å². The van der Waals surface area contributed by atoms with Crippen LogP contribution in [0.3, 0.4) is 0 Å². The first-order valence-corrected chi connectivity index (χ1v) is 6.63. The lowest BCUT2D eigenvalue weighted by atomic mass is 10.2. The molecule has 0 saturated carbocycles. The van der Waals surface area contributed by atoms with Gasteiger partial charge in [-0.3, -0.25) is 4.79 Å². The number of pyridine rings is 1. The molecule has 0 radical (unpaired) electrons. The second kappa shape index (κ2) is 5.37. The summed E-state index contributed by atoms with van der Waals surface area (Å²) in [5.41, 5.74) is 1.56. The van der Waals surface area contributed by atoms with Crippen molar-refractivity contribution in [3.63, 3.8) is 0 Å². The monoisotopic (exact) mass is 311 g/mol. The molecular formula is C11H10BrN3OS. The molecular weight excluding hydrogens is 302 g/mol. The summed E-state index contributed by atoms with van der Waals surface area (Å²) in [7, 11) is 0. The van der Waals surface area contributed by atoms with Crippen LogP contribution in [0.15, 0.2) is 28.3 Å². The van der Waals surface area contributed by atoms with E-state index in [4.69, 9.17) is 0 Å². The number of nitrogens with one attached hydrogen (secondary N) is 1. The van der Waals surface area contributed by atoms with E-state index in [0.29, 0.717) is 16.7 Å². The van der Waals surface area contributed by atoms with Crippen LogP contribution in [0.25, 0.3) is 0 Å². The van der Waals surface area contributed by atoms with E-state index in [1.165, 1.54) is 0 Å². The van der Waals surface area contributed by atoms with Crippen molar-refractivity contribution in [2.75, 3.05) is 0 Å². The molecule has 6 heteroatoms. The van der Waals surface area contributed by atoms with Crippen molar-refractivity contribution in [3.8, 4) is 0 Å². The van der Waals surface area contributed by atoms with E-state index in [0.717, 1.165) is 10.7 Å². The van der Waals surface area contributed by atoms with E-state index in [1.807, 2.05) is 12.3 Å². The number of amides is 1. The van der Waals surface area contributed by atoms with Gasteiger partial charge in [0, 0.05) is 22.8 Å². The highest BCUT2D eigenvalue weighted by Crippen LogP contribution is 2.10. The van der Waals surface area contributed by atoms with Crippen LogP contribution in [0, 0.1) is 6.92 Å². The molecule has 0 aliphatic rings. The average Bonchev–Trinajstić information content (AvgIpc) is 2.72. The summed E-state index contributed by atoms with van der Waals surface area (Å²) in [6.45, 7) is 2.39. The van der Waals surface area contributed by atoms with Crippen molar-refractivity contribution in [2.24, 2.45) is 0 Å². The zero-order valence-electron chi connectivity index (χ0n) is 9.11. The topological polar surface area (TPSA) is 54.9 Å². The van der Waals surface area contributed by atoms with Crippen LogP contribution in [0.5, 0.6) is 0 Å². The van der Waals surface area contributed by atoms with Gasteiger partial charge in [0.15, 0.2) is 0 Å². The zero-order chi connectivity index (χ0) is 12.3. The third-order valence-corrected chi connectivity index (χ3v) is 3.46. The highest BCUT2D eigenvalue weighted by molar-refractivity contribution is 9.10. The van der Waals surface area contributed by atoms with Gasteiger partial charge >= 0.3 is 0 Å². The summed E-state index contributed by atoms with van der Waals surface area (Å²) in [5, 5.41) is 5.69. The summed E-state index contributed by atoms with van der Waals surface area (Å²) in [4.78, 5) is 20.0. The van der Waals surface area contributed by atoms with Crippen molar-refractivity contribution < 1.29 is 4.79 Å². The molecule has 4 nitrogen and oxygen atoms in total. The molecule has 0 aromatic carbocycles. The van der Waals surface area contributed by atoms with E-state index in [1.54, 1.807) is 29.7 Å². The van der Waals surface area contributed by atoms with E-state index in [9.17, 15) is 4.79 Å². The normalized spacial score (nSPS) is 10.2. The first kappa shape index (κ1) is 12.2. The quantitative estimate of drug-likeness (QED) is 0.886. The first-order valence-electron chi connectivity index (χ1n) is 4.96. The van der Waals surface area contributed by atoms with Crippen molar-refractivity contribution in [1.29, 1.82) is 0 Å². The van der Waals surface area contributed by atoms with Crippen LogP contribution >= 0.6 is 27.3 Å². The van der Waals surface area contributed by atoms with E-state index in [-0.39, 0.29) is 5.91 Å². The summed E-state index contributed by atoms with van der Waals surface area (Å²) in [6.07, 6.45) is 1.59. The standard InChI is InChI=1S/C11H10BrN3OS/c1-7-6-17-10(15-7)5-14-11(16)8-2-3-13-9(12)4-8/h2-4,6H,5H2,1H3,(H,14,16). The predicted octanol–water partition coefficient (Wildman–Crippen LogP) is 2.54. The third-order valence-electron chi connectivity index (χ3n) is 2.06. The van der Waals surface area contributed by atoms with Gasteiger partial charge < -0.3 is 5.32 Å². The largest absolute Gasteiger partial charge is 0.346 e. The van der Waals surface area contributed by atoms with Gasteiger partial charge in [-0.05, 0) is 35.0 Å². The van der Waals surface area contributed by atoms with E-state index < -0.39 is 0 Å². The Morgan fingerprint density at radius 3 is 3.06 bits per heavy atom. The molecule has 0 spiro atoms. The molecule has 2 heterocycles. The number of carbonyl (C=O) groups excluding carboxylic acids is 1. The zero-order valence-corrected chi connectivity index (χ0v) is 11.5. The number of aryl methyl sites for hydroxylation is 1. The fourth-order valence-electron chi connectivity index (χ4n) is 1.29. The maximum Gasteiger partial charge on any atom is 0.251 e. The van der Waals surface area contributed by atoms with Gasteiger partial charge in [0.25, 0.3) is 5.91 Å². The first-order chi connectivity index (χ1) is 8.15. The van der Waals surface area contributed by atoms with Gasteiger partial charge in [-0.15, -0.1) is 11.3 Å². The number of carbonyl (C=O) groups is 1. The van der Waals surface area contributed by atoms with Gasteiger partial charge in [-0.2, -0.15) is 0 Å². The highest BCUT2D eigenvalue weighted by Gasteiger charge is 2.07. The van der Waals surface area contributed by atoms with Crippen molar-refractivity contribution >= 4 is 33.2 Å². The Balaban J connectivity index is 1.98. The number of thiazole rings is 1. The molecule has 0 bridgehead atoms. The number of hydrogen-bond donors (Lipinski definition) is 1. The molecule has 0 fully saturated rings. The second-order valence-corrected chi connectivity index (χ2v) is 5.19. The SMILES string of the molecule is Cc1csc(CNC(=O)c2ccnc(Br)c2)n1. The smallest absolute Gasteiger partial charge is 0.251 e. The van der Waals surface area contributed by atoms with Crippen molar-refractivity contribution in [3.05, 3.63) is 44.6 Å². The Morgan fingerprint density at radius 2 is 2.41 bits per heavy atom. The molecule has 88 valence electrons. The van der Waals surface area contributed by atoms with Crippen LogP contribution in [-0.4, -0.2) is 15.9 Å². The number of halogens is 1. The molecule has 1 amide bonds. The molecule has 2 rings (SSSR count). The fraction of sp³-hybridized carbons (Fsp3) is 0.182. The lowest BCUT2D eigenvalue weighted by Crippen LogP contribution is -2.22. The molecule has 0 unspecified atom stereocenters. The molecule has 0 saturated heterocycles. The Bertz CT molecular complexity index is 541. The van der Waals surface area contributed by atoms with E-state index in [2.05, 4.69) is 31.2 Å². The van der Waals surface area contributed by atoms with Crippen molar-refractivity contribution in [1.82, 2.24) is 15.3 Å². The minimum Gasteiger partial charge on any atom is -0.346 e. The maximum absolute atomic E-state index is 11.8. The minimum atomic E-state index is -0.124. The summed E-state index contributed by atoms with van der Waals surface area (Å²) in [5.74, 6) is -0.124. The van der Waals surface area contributed by atoms with E-state index >= 15 is 0 Å². The van der Waals surface area contributed by atoms with Crippen LogP contribution in [0.2, 0.25) is 0 Å². The minimum absolute atomic E-state index is 0.124. The number of hydrogen-bond acceptors (Lipinski definition) is 4. The predicted molar refractivity (Wildman–Crippen MR) is 70.0 cm³/mol. The molecule has 17 heavy (non-hydrogen) atoms. The molecule has 1 N–H and O–H groups in total. The molecule has 0 aliphatic heterocycles. The number of nitrogens with zero attached hydrogens (tertiary/aromatic N) is 2. The van der Waals surface area contributed by atoms with Crippen LogP contribution in [0.4, 0.5) is 0 Å². The molecule has 0 aliphatic carbocycles. The van der Waals surface area contributed by atoms with Crippen molar-refractivity contribution in [2.45, 2.75) is 13.5 Å². The number of rotatable bonds is 3. The van der Waals surface area contributed by atoms with Gasteiger partial charge in [0.1, 0.15) is 9.61 Å². The Labute approximate surface area is 111 Å². The molecule has 0 atom stereocenters. The second-order valence-electron chi connectivity index (χ2n) is 3.43. The Kier molecular flexibility index (Phi) is 3.86. The maximum atomic E-state index is 11.8. The lowest BCUT2D eigenvalue weighted by molar-refractivity contribution is 0.0950. The fourth-order valence-corrected chi connectivity index (χ4v) is 2.36. The molecule has 2 aromatic rings. The van der Waals surface area contributed by atoms with Crippen LogP contribution < -0.4 is 5.32 Å². The average molecular weight is 312 g/mol. The third kappa shape index (κ3) is 3.34. The van der Waals surface area contributed by atoms with Crippen LogP contribution in [0.1, 0.15) is 21.1 Å². The summed E-state index contributed by atoms with van der Waals surface area (Å²) < 4.78 is 0.648. The number of aromatic nitrogens is 2. The van der Waals surface area contributed by atoms with Crippen LogP contribution in [-0.2, 0) is 6.54 Å². The van der Waals surface area contributed by atoms with Gasteiger partial charge in [0.2, 0.25) is 0 Å². The van der Waals surface area contributed by atoms with Gasteiger partial charge in [-0.1, -0.05) is 0 Å². The highest BCUT2D eigenvalue weighted by atomic mass is 79.9. The Morgan fingerprint density at radius 1 is 1.59 bits per heavy atom. The molecule has 2 aromatic heterocycles. The summed E-state index contributed by atoms with van der Waals surface area (Å²) >= 11 is 4.77. The Hall–Kier alpha value is -1.27. The lowest BCUT2D eigenvalue weighted by Gasteiger charge is -2.02. The van der Waals surface area contributed by atoms with Gasteiger partial charge in [-0.25, -0.2) is 9.97 Å². The summed E-state index contributed by atoms with van der Waals surface area (Å²) in [6, 6.07) is 3.36.